The summed E-state index contributed by atoms with van der Waals surface area (Å²) in [6, 6.07) is 15.3. The largest absolute Gasteiger partial charge is 0.320 e. The second-order valence-corrected chi connectivity index (χ2v) is 10.3. The van der Waals surface area contributed by atoms with Crippen LogP contribution in [-0.4, -0.2) is 41.9 Å². The fourth-order valence-electron chi connectivity index (χ4n) is 3.35. The number of amides is 1. The van der Waals surface area contributed by atoms with E-state index in [1.165, 1.54) is 15.6 Å². The highest BCUT2D eigenvalue weighted by Gasteiger charge is 2.32. The molecular weight excluding hydrogens is 444 g/mol. The number of carbonyl (C=O) groups excluding carboxylic acids is 1. The zero-order chi connectivity index (χ0) is 21.1. The Morgan fingerprint density at radius 2 is 1.93 bits per heavy atom. The Morgan fingerprint density at radius 3 is 2.70 bits per heavy atom. The molecule has 1 atom stereocenters. The summed E-state index contributed by atoms with van der Waals surface area (Å²) in [6.45, 7) is 0.788. The second-order valence-electron chi connectivity index (χ2n) is 6.93. The van der Waals surface area contributed by atoms with Gasteiger partial charge >= 0.3 is 0 Å². The lowest BCUT2D eigenvalue weighted by molar-refractivity contribution is 0.102. The van der Waals surface area contributed by atoms with Crippen LogP contribution in [0.25, 0.3) is 0 Å². The Labute approximate surface area is 183 Å². The smallest absolute Gasteiger partial charge is 0.286 e. The van der Waals surface area contributed by atoms with E-state index in [4.69, 9.17) is 11.6 Å². The quantitative estimate of drug-likeness (QED) is 0.618. The molecule has 0 saturated carbocycles. The number of sulfonamides is 1. The Balaban J connectivity index is 1.47. The number of aromatic nitrogens is 2. The average molecular weight is 463 g/mol. The molecule has 30 heavy (non-hydrogen) atoms. The molecule has 0 spiro atoms. The van der Waals surface area contributed by atoms with Crippen molar-refractivity contribution >= 4 is 44.6 Å². The number of hydrogen-bond acceptors (Lipinski definition) is 6. The third-order valence-electron chi connectivity index (χ3n) is 4.83. The topological polar surface area (TPSA) is 92.3 Å². The summed E-state index contributed by atoms with van der Waals surface area (Å²) in [6.07, 6.45) is 1.52. The highest BCUT2D eigenvalue weighted by molar-refractivity contribution is 7.89. The maximum atomic E-state index is 12.9. The maximum absolute atomic E-state index is 12.9. The van der Waals surface area contributed by atoms with Crippen LogP contribution in [-0.2, 0) is 10.0 Å². The molecule has 2 heterocycles. The standard InChI is InChI=1S/C20H19ClN4O3S2/c21-15-7-4-8-16(12-15)22-18(26)20-24-23-19(29-20)14-6-5-11-25(13-14)30(27,28)17-9-2-1-3-10-17/h1-4,7-10,12,14H,5-6,11,13H2,(H,22,26). The van der Waals surface area contributed by atoms with Crippen molar-refractivity contribution in [1.82, 2.24) is 14.5 Å². The SMILES string of the molecule is O=C(Nc1cccc(Cl)c1)c1nnc(C2CCCN(S(=O)(=O)c3ccccc3)C2)s1. The molecular formula is C20H19ClN4O3S2. The Hall–Kier alpha value is -2.33. The first-order valence-corrected chi connectivity index (χ1v) is 12.0. The summed E-state index contributed by atoms with van der Waals surface area (Å²) in [4.78, 5) is 12.8. The van der Waals surface area contributed by atoms with E-state index in [1.807, 2.05) is 0 Å². The summed E-state index contributed by atoms with van der Waals surface area (Å²) >= 11 is 7.13. The van der Waals surface area contributed by atoms with Crippen molar-refractivity contribution in [2.75, 3.05) is 18.4 Å². The molecule has 0 bridgehead atoms. The lowest BCUT2D eigenvalue weighted by Crippen LogP contribution is -2.39. The number of piperidine rings is 1. The van der Waals surface area contributed by atoms with Gasteiger partial charge in [-0.15, -0.1) is 10.2 Å². The number of rotatable bonds is 5. The number of anilines is 1. The van der Waals surface area contributed by atoms with Crippen LogP contribution in [0.3, 0.4) is 0 Å². The summed E-state index contributed by atoms with van der Waals surface area (Å²) < 4.78 is 27.3. The molecule has 1 N–H and O–H groups in total. The lowest BCUT2D eigenvalue weighted by Gasteiger charge is -2.30. The van der Waals surface area contributed by atoms with Gasteiger partial charge in [0.05, 0.1) is 4.90 Å². The number of halogens is 1. The highest BCUT2D eigenvalue weighted by atomic mass is 35.5. The lowest BCUT2D eigenvalue weighted by atomic mass is 10.0. The van der Waals surface area contributed by atoms with Gasteiger partial charge in [0, 0.05) is 29.7 Å². The summed E-state index contributed by atoms with van der Waals surface area (Å²) in [7, 11) is -3.56. The zero-order valence-corrected chi connectivity index (χ0v) is 18.3. The van der Waals surface area contributed by atoms with Crippen LogP contribution in [0, 0.1) is 0 Å². The first-order chi connectivity index (χ1) is 14.4. The minimum absolute atomic E-state index is 0.0949. The van der Waals surface area contributed by atoms with E-state index in [-0.39, 0.29) is 21.7 Å². The predicted molar refractivity (Wildman–Crippen MR) is 116 cm³/mol. The van der Waals surface area contributed by atoms with E-state index in [0.717, 1.165) is 12.8 Å². The molecule has 1 amide bonds. The van der Waals surface area contributed by atoms with E-state index in [2.05, 4.69) is 15.5 Å². The van der Waals surface area contributed by atoms with Gasteiger partial charge in [0.2, 0.25) is 15.0 Å². The Morgan fingerprint density at radius 1 is 1.13 bits per heavy atom. The van der Waals surface area contributed by atoms with Gasteiger partial charge in [-0.05, 0) is 43.2 Å². The third-order valence-corrected chi connectivity index (χ3v) is 8.03. The van der Waals surface area contributed by atoms with Gasteiger partial charge in [0.1, 0.15) is 5.01 Å². The second kappa shape index (κ2) is 8.81. The van der Waals surface area contributed by atoms with Crippen LogP contribution in [0.5, 0.6) is 0 Å². The minimum atomic E-state index is -3.56. The molecule has 1 saturated heterocycles. The van der Waals surface area contributed by atoms with Gasteiger partial charge in [-0.2, -0.15) is 4.31 Å². The molecule has 7 nitrogen and oxygen atoms in total. The van der Waals surface area contributed by atoms with Crippen LogP contribution in [0.15, 0.2) is 59.5 Å². The average Bonchev–Trinajstić information content (AvgIpc) is 3.25. The van der Waals surface area contributed by atoms with Crippen LogP contribution < -0.4 is 5.32 Å². The van der Waals surface area contributed by atoms with Crippen molar-refractivity contribution in [3.8, 4) is 0 Å². The van der Waals surface area contributed by atoms with E-state index < -0.39 is 10.0 Å². The van der Waals surface area contributed by atoms with E-state index in [1.54, 1.807) is 54.6 Å². The van der Waals surface area contributed by atoms with Crippen LogP contribution in [0.4, 0.5) is 5.69 Å². The zero-order valence-electron chi connectivity index (χ0n) is 15.9. The molecule has 1 fully saturated rings. The predicted octanol–water partition coefficient (Wildman–Crippen LogP) is 4.01. The summed E-state index contributed by atoms with van der Waals surface area (Å²) in [5.41, 5.74) is 0.571. The van der Waals surface area contributed by atoms with Gasteiger partial charge in [0.25, 0.3) is 5.91 Å². The van der Waals surface area contributed by atoms with Gasteiger partial charge in [-0.25, -0.2) is 8.42 Å². The fourth-order valence-corrected chi connectivity index (χ4v) is 5.95. The highest BCUT2D eigenvalue weighted by Crippen LogP contribution is 2.32. The fraction of sp³-hybridized carbons (Fsp3) is 0.250. The molecule has 0 aliphatic carbocycles. The van der Waals surface area contributed by atoms with Gasteiger partial charge < -0.3 is 5.32 Å². The normalized spacial score (nSPS) is 17.6. The summed E-state index contributed by atoms with van der Waals surface area (Å²) in [5, 5.41) is 12.3. The first-order valence-electron chi connectivity index (χ1n) is 9.39. The first kappa shape index (κ1) is 20.9. The van der Waals surface area contributed by atoms with Crippen LogP contribution in [0.2, 0.25) is 5.02 Å². The summed E-state index contributed by atoms with van der Waals surface area (Å²) in [5.74, 6) is -0.465. The third kappa shape index (κ3) is 4.54. The minimum Gasteiger partial charge on any atom is -0.320 e. The number of hydrogen-bond donors (Lipinski definition) is 1. The number of nitrogens with zero attached hydrogens (tertiary/aromatic N) is 3. The van der Waals surface area contributed by atoms with Crippen molar-refractivity contribution in [2.24, 2.45) is 0 Å². The number of benzene rings is 2. The van der Waals surface area contributed by atoms with E-state index in [9.17, 15) is 13.2 Å². The van der Waals surface area contributed by atoms with Crippen LogP contribution in [0.1, 0.15) is 33.6 Å². The van der Waals surface area contributed by atoms with Crippen molar-refractivity contribution in [1.29, 1.82) is 0 Å². The van der Waals surface area contributed by atoms with Crippen molar-refractivity contribution in [3.63, 3.8) is 0 Å². The Kier molecular flexibility index (Phi) is 6.14. The van der Waals surface area contributed by atoms with Gasteiger partial charge in [-0.3, -0.25) is 4.79 Å². The molecule has 3 aromatic rings. The molecule has 2 aromatic carbocycles. The van der Waals surface area contributed by atoms with Gasteiger partial charge in [-0.1, -0.05) is 47.2 Å². The van der Waals surface area contributed by atoms with E-state index >= 15 is 0 Å². The molecule has 4 rings (SSSR count). The number of carbonyl (C=O) groups is 1. The molecule has 1 aliphatic heterocycles. The van der Waals surface area contributed by atoms with Crippen molar-refractivity contribution in [3.05, 3.63) is 69.6 Å². The number of nitrogens with one attached hydrogen (secondary N) is 1. The van der Waals surface area contributed by atoms with Gasteiger partial charge in [0.15, 0.2) is 0 Å². The molecule has 1 unspecified atom stereocenters. The molecule has 10 heteroatoms. The monoisotopic (exact) mass is 462 g/mol. The van der Waals surface area contributed by atoms with Crippen molar-refractivity contribution in [2.45, 2.75) is 23.7 Å². The molecule has 0 radical (unpaired) electrons. The van der Waals surface area contributed by atoms with E-state index in [0.29, 0.717) is 28.8 Å². The van der Waals surface area contributed by atoms with Crippen molar-refractivity contribution < 1.29 is 13.2 Å². The molecule has 1 aliphatic rings. The molecule has 156 valence electrons. The maximum Gasteiger partial charge on any atom is 0.286 e. The Bertz CT molecular complexity index is 1150. The molecule has 1 aromatic heterocycles. The van der Waals surface area contributed by atoms with Crippen LogP contribution >= 0.6 is 22.9 Å².